The van der Waals surface area contributed by atoms with Crippen molar-refractivity contribution in [2.24, 2.45) is 0 Å². The van der Waals surface area contributed by atoms with E-state index in [9.17, 15) is 4.79 Å². The van der Waals surface area contributed by atoms with Crippen molar-refractivity contribution < 1.29 is 9.53 Å². The van der Waals surface area contributed by atoms with E-state index in [0.717, 1.165) is 12.1 Å². The summed E-state index contributed by atoms with van der Waals surface area (Å²) in [6.45, 7) is 4.47. The molecular weight excluding hydrogens is 182 g/mol. The minimum absolute atomic E-state index is 0.0742. The first-order valence-corrected chi connectivity index (χ1v) is 4.68. The van der Waals surface area contributed by atoms with Gasteiger partial charge in [0, 0.05) is 18.4 Å². The fraction of sp³-hybridized carbons (Fsp3) is 0.556. The van der Waals surface area contributed by atoms with Crippen LogP contribution < -0.4 is 5.32 Å². The number of hydrogen-bond acceptors (Lipinski definition) is 3. The second-order valence-corrected chi connectivity index (χ2v) is 2.82. The molecule has 1 aromatic rings. The lowest BCUT2D eigenvalue weighted by Crippen LogP contribution is -2.18. The Kier molecular flexibility index (Phi) is 4.12. The molecule has 2 N–H and O–H groups in total. The summed E-state index contributed by atoms with van der Waals surface area (Å²) in [6, 6.07) is 1.81. The predicted octanol–water partition coefficient (Wildman–Crippen LogP) is 0.947. The molecule has 0 saturated heterocycles. The van der Waals surface area contributed by atoms with Gasteiger partial charge in [0.25, 0.3) is 5.91 Å². The number of aryl methyl sites for hydroxylation is 1. The number of ether oxygens (including phenoxy) is 1. The second kappa shape index (κ2) is 5.39. The molecule has 78 valence electrons. The van der Waals surface area contributed by atoms with Gasteiger partial charge in [0.1, 0.15) is 6.61 Å². The lowest BCUT2D eigenvalue weighted by atomic mass is 10.3. The third-order valence-electron chi connectivity index (χ3n) is 1.72. The predicted molar refractivity (Wildman–Crippen MR) is 53.1 cm³/mol. The Morgan fingerprint density at radius 1 is 1.64 bits per heavy atom. The summed E-state index contributed by atoms with van der Waals surface area (Å²) in [5, 5.41) is 9.36. The number of nitrogens with zero attached hydrogens (tertiary/aromatic N) is 1. The van der Waals surface area contributed by atoms with E-state index in [0.29, 0.717) is 12.4 Å². The molecule has 5 nitrogen and oxygen atoms in total. The van der Waals surface area contributed by atoms with Crippen LogP contribution in [0.1, 0.15) is 19.5 Å². The molecule has 14 heavy (non-hydrogen) atoms. The van der Waals surface area contributed by atoms with E-state index < -0.39 is 0 Å². The Morgan fingerprint density at radius 3 is 3.00 bits per heavy atom. The first-order valence-electron chi connectivity index (χ1n) is 4.68. The summed E-state index contributed by atoms with van der Waals surface area (Å²) in [5.41, 5.74) is 0.997. The minimum Gasteiger partial charge on any atom is -0.372 e. The van der Waals surface area contributed by atoms with Crippen molar-refractivity contribution in [1.29, 1.82) is 0 Å². The zero-order valence-electron chi connectivity index (χ0n) is 8.46. The van der Waals surface area contributed by atoms with Gasteiger partial charge in [0.2, 0.25) is 0 Å². The number of hydrogen-bond donors (Lipinski definition) is 2. The molecule has 0 bridgehead atoms. The molecule has 1 aromatic heterocycles. The molecule has 0 saturated carbocycles. The first-order chi connectivity index (χ1) is 6.76. The zero-order chi connectivity index (χ0) is 10.4. The molecular formula is C9H15N3O2. The maximum atomic E-state index is 11.2. The van der Waals surface area contributed by atoms with Crippen LogP contribution >= 0.6 is 0 Å². The van der Waals surface area contributed by atoms with Crippen molar-refractivity contribution in [1.82, 2.24) is 10.2 Å². The Balaban J connectivity index is 2.39. The molecule has 0 aliphatic heterocycles. The fourth-order valence-corrected chi connectivity index (χ4v) is 0.980. The quantitative estimate of drug-likeness (QED) is 0.738. The van der Waals surface area contributed by atoms with Crippen molar-refractivity contribution in [2.45, 2.75) is 20.3 Å². The van der Waals surface area contributed by atoms with E-state index in [-0.39, 0.29) is 12.5 Å². The van der Waals surface area contributed by atoms with Crippen LogP contribution in [-0.4, -0.2) is 29.3 Å². The zero-order valence-corrected chi connectivity index (χ0v) is 8.46. The fourth-order valence-electron chi connectivity index (χ4n) is 0.980. The Bertz CT molecular complexity index is 296. The average molecular weight is 197 g/mol. The van der Waals surface area contributed by atoms with Crippen molar-refractivity contribution in [3.8, 4) is 0 Å². The Hall–Kier alpha value is -1.36. The highest BCUT2D eigenvalue weighted by molar-refractivity contribution is 5.90. The van der Waals surface area contributed by atoms with Gasteiger partial charge in [-0.15, -0.1) is 0 Å². The van der Waals surface area contributed by atoms with Gasteiger partial charge in [0.15, 0.2) is 5.82 Å². The monoisotopic (exact) mass is 197 g/mol. The van der Waals surface area contributed by atoms with E-state index in [1.54, 1.807) is 0 Å². The number of aromatic amines is 1. The lowest BCUT2D eigenvalue weighted by Gasteiger charge is -2.00. The van der Waals surface area contributed by atoms with E-state index in [1.165, 1.54) is 0 Å². The number of aromatic nitrogens is 2. The molecule has 0 radical (unpaired) electrons. The first kappa shape index (κ1) is 10.7. The number of anilines is 1. The van der Waals surface area contributed by atoms with Crippen LogP contribution in [0, 0.1) is 0 Å². The van der Waals surface area contributed by atoms with E-state index >= 15 is 0 Å². The van der Waals surface area contributed by atoms with Crippen LogP contribution in [0.2, 0.25) is 0 Å². The molecule has 0 fully saturated rings. The molecule has 5 heteroatoms. The summed E-state index contributed by atoms with van der Waals surface area (Å²) in [4.78, 5) is 11.2. The second-order valence-electron chi connectivity index (χ2n) is 2.82. The smallest absolute Gasteiger partial charge is 0.251 e. The molecule has 1 amide bonds. The number of carbonyl (C=O) groups is 1. The highest BCUT2D eigenvalue weighted by atomic mass is 16.5. The molecule has 0 aliphatic carbocycles. The standard InChI is InChI=1S/C9H15N3O2/c1-3-7-5-8(12-11-7)10-9(13)6-14-4-2/h5H,3-4,6H2,1-2H3,(H2,10,11,12,13). The van der Waals surface area contributed by atoms with Gasteiger partial charge < -0.3 is 10.1 Å². The number of nitrogens with one attached hydrogen (secondary N) is 2. The molecule has 0 aromatic carbocycles. The maximum absolute atomic E-state index is 11.2. The summed E-state index contributed by atoms with van der Waals surface area (Å²) >= 11 is 0. The van der Waals surface area contributed by atoms with Crippen molar-refractivity contribution >= 4 is 11.7 Å². The number of rotatable bonds is 5. The van der Waals surface area contributed by atoms with E-state index in [2.05, 4.69) is 15.5 Å². The highest BCUT2D eigenvalue weighted by Gasteiger charge is 2.04. The SMILES string of the molecule is CCOCC(=O)Nc1cc(CC)[nH]n1. The Labute approximate surface area is 82.8 Å². The lowest BCUT2D eigenvalue weighted by molar-refractivity contribution is -0.120. The normalized spacial score (nSPS) is 10.1. The summed E-state index contributed by atoms with van der Waals surface area (Å²) in [5.74, 6) is 0.368. The van der Waals surface area contributed by atoms with Gasteiger partial charge in [0.05, 0.1) is 0 Å². The van der Waals surface area contributed by atoms with Crippen LogP contribution in [0.3, 0.4) is 0 Å². The third-order valence-corrected chi connectivity index (χ3v) is 1.72. The molecule has 0 atom stereocenters. The van der Waals surface area contributed by atoms with Crippen molar-refractivity contribution in [2.75, 3.05) is 18.5 Å². The van der Waals surface area contributed by atoms with Crippen LogP contribution in [0.15, 0.2) is 6.07 Å². The largest absolute Gasteiger partial charge is 0.372 e. The van der Waals surface area contributed by atoms with E-state index in [4.69, 9.17) is 4.74 Å². The molecule has 1 rings (SSSR count). The van der Waals surface area contributed by atoms with Crippen LogP contribution in [-0.2, 0) is 16.0 Å². The summed E-state index contributed by atoms with van der Waals surface area (Å²) in [7, 11) is 0. The number of H-pyrrole nitrogens is 1. The number of amides is 1. The van der Waals surface area contributed by atoms with Crippen molar-refractivity contribution in [3.05, 3.63) is 11.8 Å². The van der Waals surface area contributed by atoms with Crippen LogP contribution in [0.5, 0.6) is 0 Å². The molecule has 0 spiro atoms. The van der Waals surface area contributed by atoms with Gasteiger partial charge >= 0.3 is 0 Å². The molecule has 0 unspecified atom stereocenters. The highest BCUT2D eigenvalue weighted by Crippen LogP contribution is 2.05. The van der Waals surface area contributed by atoms with Crippen LogP contribution in [0.25, 0.3) is 0 Å². The van der Waals surface area contributed by atoms with Gasteiger partial charge in [-0.2, -0.15) is 5.10 Å². The van der Waals surface area contributed by atoms with Gasteiger partial charge in [-0.25, -0.2) is 0 Å². The topological polar surface area (TPSA) is 67.0 Å². The van der Waals surface area contributed by atoms with Crippen LogP contribution in [0.4, 0.5) is 5.82 Å². The van der Waals surface area contributed by atoms with Gasteiger partial charge in [-0.3, -0.25) is 9.89 Å². The average Bonchev–Trinajstić information content (AvgIpc) is 2.62. The van der Waals surface area contributed by atoms with Gasteiger partial charge in [-0.05, 0) is 13.3 Å². The van der Waals surface area contributed by atoms with E-state index in [1.807, 2.05) is 19.9 Å². The third kappa shape index (κ3) is 3.18. The van der Waals surface area contributed by atoms with Crippen molar-refractivity contribution in [3.63, 3.8) is 0 Å². The summed E-state index contributed by atoms with van der Waals surface area (Å²) < 4.78 is 4.95. The maximum Gasteiger partial charge on any atom is 0.251 e. The minimum atomic E-state index is -0.180. The Morgan fingerprint density at radius 2 is 2.43 bits per heavy atom. The summed E-state index contributed by atoms with van der Waals surface area (Å²) in [6.07, 6.45) is 0.869. The van der Waals surface area contributed by atoms with Gasteiger partial charge in [-0.1, -0.05) is 6.92 Å². The molecule has 0 aliphatic rings. The number of carbonyl (C=O) groups excluding carboxylic acids is 1. The molecule has 1 heterocycles.